The number of hydrogen-bond acceptors (Lipinski definition) is 4. The largest absolute Gasteiger partial charge is 0.497 e. The third-order valence-electron chi connectivity index (χ3n) is 2.33. The van der Waals surface area contributed by atoms with Crippen molar-refractivity contribution in [1.29, 1.82) is 0 Å². The summed E-state index contributed by atoms with van der Waals surface area (Å²) < 4.78 is 23.0. The minimum absolute atomic E-state index is 0.0353. The van der Waals surface area contributed by atoms with Crippen molar-refractivity contribution in [3.8, 4) is 17.4 Å². The molecule has 0 spiro atoms. The van der Waals surface area contributed by atoms with Crippen molar-refractivity contribution < 1.29 is 23.8 Å². The van der Waals surface area contributed by atoms with Crippen LogP contribution in [-0.2, 0) is 0 Å². The van der Waals surface area contributed by atoms with E-state index < -0.39 is 11.8 Å². The zero-order valence-electron chi connectivity index (χ0n) is 9.96. The van der Waals surface area contributed by atoms with Gasteiger partial charge in [-0.15, -0.1) is 0 Å². The van der Waals surface area contributed by atoms with Gasteiger partial charge in [-0.3, -0.25) is 0 Å². The molecule has 0 aliphatic rings. The van der Waals surface area contributed by atoms with Crippen LogP contribution in [0.5, 0.6) is 17.4 Å². The molecule has 0 saturated heterocycles. The molecule has 0 amide bonds. The number of nitrogens with zero attached hydrogens (tertiary/aromatic N) is 1. The van der Waals surface area contributed by atoms with Crippen LogP contribution in [0.4, 0.5) is 4.39 Å². The van der Waals surface area contributed by atoms with Crippen LogP contribution in [0, 0.1) is 5.82 Å². The summed E-state index contributed by atoms with van der Waals surface area (Å²) in [4.78, 5) is 14.8. The molecular weight excluding hydrogens is 253 g/mol. The van der Waals surface area contributed by atoms with Gasteiger partial charge in [0.15, 0.2) is 0 Å². The highest BCUT2D eigenvalue weighted by atomic mass is 19.1. The number of ether oxygens (including phenoxy) is 2. The molecular formula is C13H10FNO4. The number of pyridine rings is 1. The van der Waals surface area contributed by atoms with Gasteiger partial charge >= 0.3 is 5.97 Å². The molecule has 98 valence electrons. The van der Waals surface area contributed by atoms with Gasteiger partial charge in [-0.2, -0.15) is 0 Å². The van der Waals surface area contributed by atoms with Crippen LogP contribution < -0.4 is 9.47 Å². The molecule has 1 heterocycles. The van der Waals surface area contributed by atoms with E-state index >= 15 is 0 Å². The summed E-state index contributed by atoms with van der Waals surface area (Å²) in [6, 6.07) is 6.77. The lowest BCUT2D eigenvalue weighted by Gasteiger charge is -2.09. The summed E-state index contributed by atoms with van der Waals surface area (Å²) in [6.07, 6.45) is 0.982. The molecule has 0 atom stereocenters. The van der Waals surface area contributed by atoms with Gasteiger partial charge in [0.2, 0.25) is 5.88 Å². The van der Waals surface area contributed by atoms with Crippen molar-refractivity contribution in [1.82, 2.24) is 4.98 Å². The van der Waals surface area contributed by atoms with Crippen molar-refractivity contribution >= 4 is 5.97 Å². The predicted molar refractivity (Wildman–Crippen MR) is 64.2 cm³/mol. The van der Waals surface area contributed by atoms with Crippen molar-refractivity contribution in [3.63, 3.8) is 0 Å². The molecule has 6 heteroatoms. The summed E-state index contributed by atoms with van der Waals surface area (Å²) in [5, 5.41) is 9.05. The topological polar surface area (TPSA) is 68.7 Å². The molecule has 5 nitrogen and oxygen atoms in total. The summed E-state index contributed by atoms with van der Waals surface area (Å²) in [5.41, 5.74) is -0.0353. The van der Waals surface area contributed by atoms with Gasteiger partial charge in [0.05, 0.1) is 13.3 Å². The highest BCUT2D eigenvalue weighted by Crippen LogP contribution is 2.28. The molecule has 0 aliphatic heterocycles. The molecule has 0 bridgehead atoms. The van der Waals surface area contributed by atoms with Crippen LogP contribution in [0.3, 0.4) is 0 Å². The van der Waals surface area contributed by atoms with Gasteiger partial charge in [0, 0.05) is 12.1 Å². The predicted octanol–water partition coefficient (Wildman–Crippen LogP) is 2.72. The maximum atomic E-state index is 12.7. The molecule has 0 radical (unpaired) electrons. The fraction of sp³-hybridized carbons (Fsp3) is 0.0769. The second-order valence-corrected chi connectivity index (χ2v) is 3.58. The maximum Gasteiger partial charge on any atom is 0.339 e. The summed E-state index contributed by atoms with van der Waals surface area (Å²) in [7, 11) is 1.45. The quantitative estimate of drug-likeness (QED) is 0.918. The molecule has 1 aromatic carbocycles. The standard InChI is InChI=1S/C13H10FNO4/c1-18-9-3-4-10(13(16)17)11(6-9)19-12-5-2-8(14)7-15-12/h2-7H,1H3,(H,16,17). The van der Waals surface area contributed by atoms with Gasteiger partial charge in [0.25, 0.3) is 0 Å². The molecule has 19 heavy (non-hydrogen) atoms. The molecule has 0 unspecified atom stereocenters. The van der Waals surface area contributed by atoms with Gasteiger partial charge in [0.1, 0.15) is 22.9 Å². The van der Waals surface area contributed by atoms with Gasteiger partial charge in [-0.25, -0.2) is 14.2 Å². The monoisotopic (exact) mass is 263 g/mol. The van der Waals surface area contributed by atoms with E-state index in [4.69, 9.17) is 14.6 Å². The smallest absolute Gasteiger partial charge is 0.339 e. The zero-order valence-corrected chi connectivity index (χ0v) is 9.96. The summed E-state index contributed by atoms with van der Waals surface area (Å²) in [5.74, 6) is -1.03. The van der Waals surface area contributed by atoms with Crippen LogP contribution in [0.2, 0.25) is 0 Å². The van der Waals surface area contributed by atoms with Crippen molar-refractivity contribution in [2.75, 3.05) is 7.11 Å². The normalized spacial score (nSPS) is 10.0. The zero-order chi connectivity index (χ0) is 13.8. The van der Waals surface area contributed by atoms with E-state index in [1.54, 1.807) is 0 Å². The number of hydrogen-bond donors (Lipinski definition) is 1. The number of rotatable bonds is 4. The van der Waals surface area contributed by atoms with Crippen molar-refractivity contribution in [3.05, 3.63) is 47.9 Å². The molecule has 0 saturated carbocycles. The van der Waals surface area contributed by atoms with E-state index in [9.17, 15) is 9.18 Å². The van der Waals surface area contributed by atoms with Crippen LogP contribution in [0.25, 0.3) is 0 Å². The van der Waals surface area contributed by atoms with Crippen LogP contribution in [-0.4, -0.2) is 23.2 Å². The Hall–Kier alpha value is -2.63. The lowest BCUT2D eigenvalue weighted by atomic mass is 10.2. The Bertz CT molecular complexity index is 598. The summed E-state index contributed by atoms with van der Waals surface area (Å²) >= 11 is 0. The minimum Gasteiger partial charge on any atom is -0.497 e. The number of aromatic nitrogens is 1. The lowest BCUT2D eigenvalue weighted by molar-refractivity contribution is 0.0694. The van der Waals surface area contributed by atoms with E-state index in [1.165, 1.54) is 37.4 Å². The average molecular weight is 263 g/mol. The Balaban J connectivity index is 2.36. The SMILES string of the molecule is COc1ccc(C(=O)O)c(Oc2ccc(F)cn2)c1. The molecule has 0 fully saturated rings. The van der Waals surface area contributed by atoms with Gasteiger partial charge in [-0.05, 0) is 18.2 Å². The first-order valence-corrected chi connectivity index (χ1v) is 5.31. The third kappa shape index (κ3) is 2.98. The lowest BCUT2D eigenvalue weighted by Crippen LogP contribution is -2.01. The van der Waals surface area contributed by atoms with Crippen LogP contribution >= 0.6 is 0 Å². The number of carboxylic acids is 1. The van der Waals surface area contributed by atoms with Gasteiger partial charge in [-0.1, -0.05) is 0 Å². The third-order valence-corrected chi connectivity index (χ3v) is 2.33. The van der Waals surface area contributed by atoms with E-state index in [-0.39, 0.29) is 17.2 Å². The van der Waals surface area contributed by atoms with Gasteiger partial charge < -0.3 is 14.6 Å². The number of methoxy groups -OCH3 is 1. The van der Waals surface area contributed by atoms with E-state index in [1.807, 2.05) is 0 Å². The Morgan fingerprint density at radius 1 is 1.32 bits per heavy atom. The van der Waals surface area contributed by atoms with E-state index in [0.717, 1.165) is 6.20 Å². The van der Waals surface area contributed by atoms with Crippen molar-refractivity contribution in [2.45, 2.75) is 0 Å². The first-order chi connectivity index (χ1) is 9.10. The Kier molecular flexibility index (Phi) is 3.61. The molecule has 0 aliphatic carbocycles. The number of carboxylic acid groups (broad SMARTS) is 1. The highest BCUT2D eigenvalue weighted by Gasteiger charge is 2.13. The number of benzene rings is 1. The first kappa shape index (κ1) is 12.8. The number of halogens is 1. The second-order valence-electron chi connectivity index (χ2n) is 3.58. The van der Waals surface area contributed by atoms with E-state index in [0.29, 0.717) is 5.75 Å². The first-order valence-electron chi connectivity index (χ1n) is 5.31. The molecule has 2 aromatic rings. The summed E-state index contributed by atoms with van der Waals surface area (Å²) in [6.45, 7) is 0. The van der Waals surface area contributed by atoms with Crippen molar-refractivity contribution in [2.24, 2.45) is 0 Å². The molecule has 1 aromatic heterocycles. The highest BCUT2D eigenvalue weighted by molar-refractivity contribution is 5.91. The second kappa shape index (κ2) is 5.34. The number of aromatic carboxylic acids is 1. The molecule has 1 N–H and O–H groups in total. The Labute approximate surface area is 108 Å². The fourth-order valence-corrected chi connectivity index (χ4v) is 1.43. The Morgan fingerprint density at radius 2 is 2.11 bits per heavy atom. The number of carbonyl (C=O) groups is 1. The minimum atomic E-state index is -1.14. The maximum absolute atomic E-state index is 12.7. The molecule has 2 rings (SSSR count). The van der Waals surface area contributed by atoms with Crippen LogP contribution in [0.15, 0.2) is 36.5 Å². The average Bonchev–Trinajstić information content (AvgIpc) is 2.41. The Morgan fingerprint density at radius 3 is 2.68 bits per heavy atom. The van der Waals surface area contributed by atoms with E-state index in [2.05, 4.69) is 4.98 Å². The fourth-order valence-electron chi connectivity index (χ4n) is 1.43. The van der Waals surface area contributed by atoms with Crippen LogP contribution in [0.1, 0.15) is 10.4 Å².